The number of fused-ring (bicyclic) bond motifs is 4. The van der Waals surface area contributed by atoms with Crippen LogP contribution in [0.5, 0.6) is 17.2 Å². The second-order valence-corrected chi connectivity index (χ2v) is 7.72. The predicted octanol–water partition coefficient (Wildman–Crippen LogP) is 5.00. The van der Waals surface area contributed by atoms with Gasteiger partial charge in [-0.1, -0.05) is 36.4 Å². The quantitative estimate of drug-likeness (QED) is 0.635. The molecule has 0 spiro atoms. The van der Waals surface area contributed by atoms with E-state index in [1.54, 1.807) is 0 Å². The second-order valence-electron chi connectivity index (χ2n) is 7.72. The molecule has 0 bridgehead atoms. The van der Waals surface area contributed by atoms with Crippen LogP contribution in [0.25, 0.3) is 0 Å². The first-order chi connectivity index (χ1) is 14.1. The van der Waals surface area contributed by atoms with Gasteiger partial charge in [0.05, 0.1) is 11.5 Å². The Morgan fingerprint density at radius 2 is 1.76 bits per heavy atom. The van der Waals surface area contributed by atoms with Crippen molar-refractivity contribution in [3.63, 3.8) is 0 Å². The Labute approximate surface area is 170 Å². The molecule has 4 heteroatoms. The van der Waals surface area contributed by atoms with Gasteiger partial charge in [0.15, 0.2) is 5.78 Å². The van der Waals surface area contributed by atoms with Crippen molar-refractivity contribution < 1.29 is 19.0 Å². The lowest BCUT2D eigenvalue weighted by Gasteiger charge is -2.37. The molecule has 29 heavy (non-hydrogen) atoms. The van der Waals surface area contributed by atoms with E-state index in [0.29, 0.717) is 30.3 Å². The maximum absolute atomic E-state index is 13.3. The van der Waals surface area contributed by atoms with Gasteiger partial charge >= 0.3 is 0 Å². The number of carbonyl (C=O) groups excluding carboxylic acids is 1. The summed E-state index contributed by atoms with van der Waals surface area (Å²) in [7, 11) is 0. The Kier molecular flexibility index (Phi) is 4.27. The second kappa shape index (κ2) is 6.96. The van der Waals surface area contributed by atoms with Gasteiger partial charge in [-0.3, -0.25) is 4.79 Å². The smallest absolute Gasteiger partial charge is 0.178 e. The molecule has 0 N–H and O–H groups in total. The first kappa shape index (κ1) is 17.8. The normalized spacial score (nSPS) is 19.3. The topological polar surface area (TPSA) is 44.8 Å². The lowest BCUT2D eigenvalue weighted by molar-refractivity contribution is 0.0558. The fourth-order valence-electron chi connectivity index (χ4n) is 4.03. The number of ketones is 1. The molecule has 2 heterocycles. The van der Waals surface area contributed by atoms with Gasteiger partial charge in [0.25, 0.3) is 0 Å². The standard InChI is InChI=1S/C25H22O4/c1-15-10-20-21(11-16(15)2)28-14-23-24(20)25(26)19-9-8-18(12-22(19)29-23)27-13-17-6-4-3-5-7-17/h3-12,23-24H,13-14H2,1-2H3/t23-,24+/m1/s1. The summed E-state index contributed by atoms with van der Waals surface area (Å²) in [4.78, 5) is 13.3. The Bertz CT molecular complexity index is 1090. The van der Waals surface area contributed by atoms with E-state index in [1.165, 1.54) is 0 Å². The van der Waals surface area contributed by atoms with Crippen LogP contribution in [0.3, 0.4) is 0 Å². The number of hydrogen-bond donors (Lipinski definition) is 0. The molecule has 0 aliphatic carbocycles. The summed E-state index contributed by atoms with van der Waals surface area (Å²) in [5, 5.41) is 0. The van der Waals surface area contributed by atoms with Crippen molar-refractivity contribution in [3.8, 4) is 17.2 Å². The Morgan fingerprint density at radius 3 is 2.59 bits per heavy atom. The monoisotopic (exact) mass is 386 g/mol. The molecule has 0 saturated carbocycles. The molecule has 0 aromatic heterocycles. The molecule has 2 aliphatic rings. The van der Waals surface area contributed by atoms with E-state index in [-0.39, 0.29) is 17.8 Å². The average molecular weight is 386 g/mol. The van der Waals surface area contributed by atoms with Gasteiger partial charge in [-0.15, -0.1) is 0 Å². The molecular formula is C25H22O4. The Morgan fingerprint density at radius 1 is 0.966 bits per heavy atom. The summed E-state index contributed by atoms with van der Waals surface area (Å²) in [6.07, 6.45) is -0.325. The molecule has 0 amide bonds. The minimum atomic E-state index is -0.332. The fourth-order valence-corrected chi connectivity index (χ4v) is 4.03. The van der Waals surface area contributed by atoms with Crippen molar-refractivity contribution in [1.82, 2.24) is 0 Å². The number of carbonyl (C=O) groups is 1. The molecule has 4 nitrogen and oxygen atoms in total. The van der Waals surface area contributed by atoms with Crippen LogP contribution in [0.15, 0.2) is 60.7 Å². The van der Waals surface area contributed by atoms with E-state index < -0.39 is 0 Å². The van der Waals surface area contributed by atoms with Crippen LogP contribution in [0.2, 0.25) is 0 Å². The van der Waals surface area contributed by atoms with Crippen LogP contribution in [-0.4, -0.2) is 18.5 Å². The van der Waals surface area contributed by atoms with E-state index in [2.05, 4.69) is 19.9 Å². The zero-order chi connectivity index (χ0) is 20.0. The third-order valence-electron chi connectivity index (χ3n) is 5.76. The Hall–Kier alpha value is -3.27. The number of rotatable bonds is 3. The third-order valence-corrected chi connectivity index (χ3v) is 5.76. The summed E-state index contributed by atoms with van der Waals surface area (Å²) < 4.78 is 18.0. The van der Waals surface area contributed by atoms with Crippen molar-refractivity contribution in [2.75, 3.05) is 6.61 Å². The summed E-state index contributed by atoms with van der Waals surface area (Å²) >= 11 is 0. The SMILES string of the molecule is Cc1cc2c(cc1C)[C@@H]1C(=O)c3ccc(OCc4ccccc4)cc3O[C@@H]1CO2. The number of ether oxygens (including phenoxy) is 3. The van der Waals surface area contributed by atoms with Crippen LogP contribution < -0.4 is 14.2 Å². The van der Waals surface area contributed by atoms with Crippen molar-refractivity contribution >= 4 is 5.78 Å². The van der Waals surface area contributed by atoms with Crippen LogP contribution in [0.1, 0.15) is 38.5 Å². The molecular weight excluding hydrogens is 364 g/mol. The highest BCUT2D eigenvalue weighted by atomic mass is 16.5. The zero-order valence-electron chi connectivity index (χ0n) is 16.5. The van der Waals surface area contributed by atoms with Gasteiger partial charge in [-0.05, 0) is 48.7 Å². The van der Waals surface area contributed by atoms with Gasteiger partial charge in [0.1, 0.15) is 36.6 Å². The summed E-state index contributed by atoms with van der Waals surface area (Å²) in [5.41, 5.74) is 4.92. The molecule has 0 fully saturated rings. The van der Waals surface area contributed by atoms with E-state index in [4.69, 9.17) is 14.2 Å². The largest absolute Gasteiger partial charge is 0.489 e. The van der Waals surface area contributed by atoms with Gasteiger partial charge in [0.2, 0.25) is 0 Å². The molecule has 5 rings (SSSR count). The van der Waals surface area contributed by atoms with Crippen molar-refractivity contribution in [1.29, 1.82) is 0 Å². The number of benzene rings is 3. The first-order valence-corrected chi connectivity index (χ1v) is 9.86. The van der Waals surface area contributed by atoms with Crippen molar-refractivity contribution in [2.45, 2.75) is 32.5 Å². The minimum Gasteiger partial charge on any atom is -0.489 e. The number of hydrogen-bond acceptors (Lipinski definition) is 4. The van der Waals surface area contributed by atoms with Gasteiger partial charge < -0.3 is 14.2 Å². The molecule has 2 atom stereocenters. The van der Waals surface area contributed by atoms with Crippen LogP contribution in [0.4, 0.5) is 0 Å². The summed E-state index contributed by atoms with van der Waals surface area (Å²) in [5.74, 6) is 1.79. The van der Waals surface area contributed by atoms with Crippen LogP contribution >= 0.6 is 0 Å². The molecule has 0 saturated heterocycles. The van der Waals surface area contributed by atoms with E-state index in [1.807, 2.05) is 54.6 Å². The van der Waals surface area contributed by atoms with Gasteiger partial charge in [-0.25, -0.2) is 0 Å². The van der Waals surface area contributed by atoms with E-state index in [0.717, 1.165) is 28.0 Å². The van der Waals surface area contributed by atoms with Crippen LogP contribution in [0, 0.1) is 13.8 Å². The molecule has 0 unspecified atom stereocenters. The fraction of sp³-hybridized carbons (Fsp3) is 0.240. The van der Waals surface area contributed by atoms with Crippen LogP contribution in [-0.2, 0) is 6.61 Å². The lowest BCUT2D eigenvalue weighted by Crippen LogP contribution is -2.43. The highest BCUT2D eigenvalue weighted by molar-refractivity contribution is 6.05. The molecule has 3 aromatic rings. The van der Waals surface area contributed by atoms with Gasteiger partial charge in [0, 0.05) is 11.6 Å². The summed E-state index contributed by atoms with van der Waals surface area (Å²) in [6.45, 7) is 4.93. The first-order valence-electron chi connectivity index (χ1n) is 9.86. The Balaban J connectivity index is 1.43. The molecule has 0 radical (unpaired) electrons. The molecule has 2 aliphatic heterocycles. The molecule has 146 valence electrons. The summed E-state index contributed by atoms with van der Waals surface area (Å²) in [6, 6.07) is 19.5. The maximum Gasteiger partial charge on any atom is 0.178 e. The number of Topliss-reactive ketones (excluding diaryl/α,β-unsaturated/α-hetero) is 1. The predicted molar refractivity (Wildman–Crippen MR) is 110 cm³/mol. The van der Waals surface area contributed by atoms with Gasteiger partial charge in [-0.2, -0.15) is 0 Å². The number of aryl methyl sites for hydroxylation is 2. The molecule has 3 aromatic carbocycles. The van der Waals surface area contributed by atoms with Crippen molar-refractivity contribution in [2.24, 2.45) is 0 Å². The minimum absolute atomic E-state index is 0.0821. The highest BCUT2D eigenvalue weighted by Crippen LogP contribution is 2.44. The van der Waals surface area contributed by atoms with E-state index in [9.17, 15) is 4.79 Å². The third kappa shape index (κ3) is 3.15. The van der Waals surface area contributed by atoms with Crippen molar-refractivity contribution in [3.05, 3.63) is 88.5 Å². The maximum atomic E-state index is 13.3. The highest BCUT2D eigenvalue weighted by Gasteiger charge is 2.43. The zero-order valence-corrected chi connectivity index (χ0v) is 16.5. The van der Waals surface area contributed by atoms with E-state index >= 15 is 0 Å². The average Bonchev–Trinajstić information content (AvgIpc) is 2.74. The lowest BCUT2D eigenvalue weighted by atomic mass is 9.81.